The van der Waals surface area contributed by atoms with E-state index in [1.54, 1.807) is 0 Å². The molecule has 0 radical (unpaired) electrons. The van der Waals surface area contributed by atoms with Crippen LogP contribution in [-0.4, -0.2) is 9.38 Å². The number of hydrogen-bond donors (Lipinski definition) is 0. The first-order chi connectivity index (χ1) is 17.5. The molecule has 0 spiro atoms. The van der Waals surface area contributed by atoms with Crippen molar-refractivity contribution in [3.05, 3.63) is 96.7 Å². The molecule has 0 saturated carbocycles. The Morgan fingerprint density at radius 1 is 0.694 bits per heavy atom. The number of aromatic nitrogens is 2. The minimum atomic E-state index is 0.0161. The van der Waals surface area contributed by atoms with Crippen molar-refractivity contribution >= 4 is 60.0 Å². The highest BCUT2D eigenvalue weighted by Gasteiger charge is 2.24. The van der Waals surface area contributed by atoms with Crippen molar-refractivity contribution in [2.24, 2.45) is 0 Å². The number of furan rings is 1. The second-order valence-electron chi connectivity index (χ2n) is 10.9. The number of nitrogens with zero attached hydrogens (tertiary/aromatic N) is 2. The van der Waals surface area contributed by atoms with E-state index in [0.29, 0.717) is 0 Å². The van der Waals surface area contributed by atoms with E-state index >= 15 is 0 Å². The number of benzene rings is 4. The number of hydrogen-bond acceptors (Lipinski definition) is 2. The Balaban J connectivity index is 1.60. The fourth-order valence-electron chi connectivity index (χ4n) is 5.94. The van der Waals surface area contributed by atoms with Gasteiger partial charge in [0, 0.05) is 38.7 Å². The van der Waals surface area contributed by atoms with E-state index in [0.717, 1.165) is 22.4 Å². The summed E-state index contributed by atoms with van der Waals surface area (Å²) in [5.74, 6) is 0. The van der Waals surface area contributed by atoms with Gasteiger partial charge in [-0.1, -0.05) is 51.1 Å². The highest BCUT2D eigenvalue weighted by Crippen LogP contribution is 2.45. The number of pyridine rings is 1. The molecule has 0 N–H and O–H groups in total. The first-order valence-electron chi connectivity index (χ1n) is 12.5. The van der Waals surface area contributed by atoms with Gasteiger partial charge in [0.15, 0.2) is 0 Å². The molecule has 0 aliphatic heterocycles. The summed E-state index contributed by atoms with van der Waals surface area (Å²) in [4.78, 5) is 4.60. The Morgan fingerprint density at radius 3 is 2.33 bits per heavy atom. The van der Waals surface area contributed by atoms with E-state index in [2.05, 4.69) is 96.9 Å². The van der Waals surface area contributed by atoms with Crippen LogP contribution >= 0.6 is 0 Å². The van der Waals surface area contributed by atoms with Crippen molar-refractivity contribution < 1.29 is 4.42 Å². The summed E-state index contributed by atoms with van der Waals surface area (Å²) in [6.07, 6.45) is 1.86. The van der Waals surface area contributed by atoms with Crippen molar-refractivity contribution in [2.75, 3.05) is 0 Å². The lowest BCUT2D eigenvalue weighted by atomic mass is 9.85. The summed E-state index contributed by atoms with van der Waals surface area (Å²) in [5.41, 5.74) is 9.05. The molecule has 172 valence electrons. The summed E-state index contributed by atoms with van der Waals surface area (Å²) in [5, 5.41) is 7.34. The van der Waals surface area contributed by atoms with E-state index in [-0.39, 0.29) is 5.41 Å². The monoisotopic (exact) mass is 464 g/mol. The van der Waals surface area contributed by atoms with E-state index in [9.17, 15) is 0 Å². The minimum absolute atomic E-state index is 0.0161. The second kappa shape index (κ2) is 6.64. The quantitative estimate of drug-likeness (QED) is 0.242. The molecule has 4 aromatic carbocycles. The standard InChI is InChI=1S/C33H24N2O/c1-33(2,3)20-17-24-23-16-19(26-9-6-7-15-34-26)11-13-27(23)35-28-14-12-22-21-8-4-5-10-29(21)36-32(22)30(28)25(18-20)31(24)35/h4-18H,1-3H3. The topological polar surface area (TPSA) is 30.4 Å². The molecule has 0 amide bonds. The van der Waals surface area contributed by atoms with Crippen LogP contribution < -0.4 is 0 Å². The van der Waals surface area contributed by atoms with Crippen molar-refractivity contribution in [1.82, 2.24) is 9.38 Å². The van der Waals surface area contributed by atoms with Gasteiger partial charge in [0.2, 0.25) is 0 Å². The molecule has 0 aliphatic carbocycles. The number of fused-ring (bicyclic) bond motifs is 10. The third-order valence-corrected chi connectivity index (χ3v) is 7.72. The molecule has 0 fully saturated rings. The number of rotatable bonds is 1. The molecule has 0 atom stereocenters. The van der Waals surface area contributed by atoms with Gasteiger partial charge in [0.05, 0.1) is 27.6 Å². The van der Waals surface area contributed by atoms with Gasteiger partial charge in [-0.15, -0.1) is 0 Å². The average Bonchev–Trinajstić information content (AvgIpc) is 3.54. The van der Waals surface area contributed by atoms with E-state index in [4.69, 9.17) is 4.42 Å². The van der Waals surface area contributed by atoms with Crippen molar-refractivity contribution in [3.63, 3.8) is 0 Å². The van der Waals surface area contributed by atoms with Gasteiger partial charge in [-0.2, -0.15) is 0 Å². The van der Waals surface area contributed by atoms with Gasteiger partial charge >= 0.3 is 0 Å². The van der Waals surface area contributed by atoms with E-state index < -0.39 is 0 Å². The predicted octanol–water partition coefficient (Wildman–Crippen LogP) is 9.10. The molecule has 4 heterocycles. The summed E-state index contributed by atoms with van der Waals surface area (Å²) in [6, 6.07) is 30.4. The summed E-state index contributed by atoms with van der Waals surface area (Å²) in [7, 11) is 0. The van der Waals surface area contributed by atoms with Gasteiger partial charge in [-0.3, -0.25) is 4.98 Å². The van der Waals surface area contributed by atoms with Crippen LogP contribution in [0, 0.1) is 0 Å². The highest BCUT2D eigenvalue weighted by atomic mass is 16.3. The molecule has 0 saturated heterocycles. The maximum atomic E-state index is 6.52. The highest BCUT2D eigenvalue weighted by molar-refractivity contribution is 6.30. The zero-order chi connectivity index (χ0) is 24.2. The summed E-state index contributed by atoms with van der Waals surface area (Å²) in [6.45, 7) is 6.87. The molecule has 8 rings (SSSR count). The van der Waals surface area contributed by atoms with Crippen molar-refractivity contribution in [2.45, 2.75) is 26.2 Å². The summed E-state index contributed by atoms with van der Waals surface area (Å²) >= 11 is 0. The van der Waals surface area contributed by atoms with Crippen molar-refractivity contribution in [3.8, 4) is 11.3 Å². The maximum Gasteiger partial charge on any atom is 0.145 e. The molecule has 36 heavy (non-hydrogen) atoms. The molecule has 3 nitrogen and oxygen atoms in total. The van der Waals surface area contributed by atoms with Gasteiger partial charge in [-0.05, 0) is 65.6 Å². The molecule has 4 aromatic heterocycles. The second-order valence-corrected chi connectivity index (χ2v) is 10.9. The van der Waals surface area contributed by atoms with E-state index in [1.165, 1.54) is 54.4 Å². The van der Waals surface area contributed by atoms with Crippen LogP contribution in [0.5, 0.6) is 0 Å². The van der Waals surface area contributed by atoms with Crippen LogP contribution in [0.2, 0.25) is 0 Å². The van der Waals surface area contributed by atoms with Crippen LogP contribution in [-0.2, 0) is 5.41 Å². The zero-order valence-electron chi connectivity index (χ0n) is 20.5. The Kier molecular flexibility index (Phi) is 3.67. The molecule has 3 heteroatoms. The molecule has 0 aliphatic rings. The molecular formula is C33H24N2O. The SMILES string of the molecule is CC(C)(C)c1cc2c3cc(-c4ccccn4)ccc3n3c4ccc5c6ccccc6oc5c4c(c1)c23. The smallest absolute Gasteiger partial charge is 0.145 e. The molecular weight excluding hydrogens is 440 g/mol. The Bertz CT molecular complexity index is 2120. The predicted molar refractivity (Wildman–Crippen MR) is 150 cm³/mol. The van der Waals surface area contributed by atoms with Crippen LogP contribution in [0.3, 0.4) is 0 Å². The Morgan fingerprint density at radius 2 is 1.50 bits per heavy atom. The lowest BCUT2D eigenvalue weighted by Gasteiger charge is -2.19. The molecule has 8 aromatic rings. The van der Waals surface area contributed by atoms with E-state index in [1.807, 2.05) is 24.4 Å². The van der Waals surface area contributed by atoms with Gasteiger partial charge < -0.3 is 8.82 Å². The Labute approximate surface area is 207 Å². The third-order valence-electron chi connectivity index (χ3n) is 7.72. The molecule has 0 bridgehead atoms. The van der Waals surface area contributed by atoms with Crippen molar-refractivity contribution in [1.29, 1.82) is 0 Å². The number of para-hydroxylation sites is 1. The maximum absolute atomic E-state index is 6.52. The van der Waals surface area contributed by atoms with Gasteiger partial charge in [-0.25, -0.2) is 0 Å². The lowest BCUT2D eigenvalue weighted by molar-refractivity contribution is 0.592. The average molecular weight is 465 g/mol. The first-order valence-corrected chi connectivity index (χ1v) is 12.5. The minimum Gasteiger partial charge on any atom is -0.455 e. The van der Waals surface area contributed by atoms with Crippen LogP contribution in [0.1, 0.15) is 26.3 Å². The third kappa shape index (κ3) is 2.50. The molecule has 0 unspecified atom stereocenters. The van der Waals surface area contributed by atoms with Crippen LogP contribution in [0.25, 0.3) is 71.3 Å². The first kappa shape index (κ1) is 19.9. The van der Waals surface area contributed by atoms with Crippen LogP contribution in [0.4, 0.5) is 0 Å². The van der Waals surface area contributed by atoms with Crippen LogP contribution in [0.15, 0.2) is 95.5 Å². The Hall–Kier alpha value is -4.37. The van der Waals surface area contributed by atoms with Gasteiger partial charge in [0.1, 0.15) is 11.2 Å². The summed E-state index contributed by atoms with van der Waals surface area (Å²) < 4.78 is 8.95. The largest absolute Gasteiger partial charge is 0.455 e. The van der Waals surface area contributed by atoms with Gasteiger partial charge in [0.25, 0.3) is 0 Å². The fraction of sp³-hybridized carbons (Fsp3) is 0.121. The fourth-order valence-corrected chi connectivity index (χ4v) is 5.94. The normalized spacial score (nSPS) is 12.9. The lowest BCUT2D eigenvalue weighted by Crippen LogP contribution is -2.10. The zero-order valence-corrected chi connectivity index (χ0v) is 20.5.